The predicted molar refractivity (Wildman–Crippen MR) is 59.6 cm³/mol. The highest BCUT2D eigenvalue weighted by molar-refractivity contribution is 5.76. The molecule has 0 radical (unpaired) electrons. The summed E-state index contributed by atoms with van der Waals surface area (Å²) in [7, 11) is 1.54. The van der Waals surface area contributed by atoms with Crippen LogP contribution in [0.1, 0.15) is 25.3 Å². The van der Waals surface area contributed by atoms with Gasteiger partial charge in [-0.05, 0) is 19.9 Å². The zero-order chi connectivity index (χ0) is 12.1. The van der Waals surface area contributed by atoms with E-state index in [4.69, 9.17) is 14.6 Å². The minimum absolute atomic E-state index is 0.401. The van der Waals surface area contributed by atoms with Gasteiger partial charge in [0.1, 0.15) is 5.75 Å². The summed E-state index contributed by atoms with van der Waals surface area (Å²) in [6.45, 7) is 3.38. The number of carboxylic acids is 1. The zero-order valence-corrected chi connectivity index (χ0v) is 9.64. The summed E-state index contributed by atoms with van der Waals surface area (Å²) >= 11 is 0. The highest BCUT2D eigenvalue weighted by Gasteiger charge is 2.18. The molecule has 0 aliphatic carbocycles. The highest BCUT2D eigenvalue weighted by atomic mass is 16.7. The Hall–Kier alpha value is -1.55. The highest BCUT2D eigenvalue weighted by Crippen LogP contribution is 2.27. The minimum Gasteiger partial charge on any atom is -0.481 e. The van der Waals surface area contributed by atoms with Crippen LogP contribution in [-0.4, -0.2) is 24.5 Å². The van der Waals surface area contributed by atoms with E-state index in [0.29, 0.717) is 11.3 Å². The first-order chi connectivity index (χ1) is 7.56. The Morgan fingerprint density at radius 1 is 1.31 bits per heavy atom. The van der Waals surface area contributed by atoms with Gasteiger partial charge in [0, 0.05) is 12.7 Å². The lowest BCUT2D eigenvalue weighted by molar-refractivity contribution is -0.138. The third-order valence-corrected chi connectivity index (χ3v) is 2.38. The molecule has 4 nitrogen and oxygen atoms in total. The predicted octanol–water partition coefficient (Wildman–Crippen LogP) is 2.25. The zero-order valence-electron chi connectivity index (χ0n) is 9.64. The average Bonchev–Trinajstić information content (AvgIpc) is 2.28. The van der Waals surface area contributed by atoms with E-state index >= 15 is 0 Å². The molecule has 0 aliphatic rings. The number of carbonyl (C=O) groups is 1. The van der Waals surface area contributed by atoms with Gasteiger partial charge in [0.15, 0.2) is 6.29 Å². The van der Waals surface area contributed by atoms with E-state index < -0.39 is 18.2 Å². The minimum atomic E-state index is -0.874. The molecule has 0 amide bonds. The maximum absolute atomic E-state index is 10.9. The SMILES string of the molecule is COC(C)Oc1ccccc1C(C)C(=O)O. The van der Waals surface area contributed by atoms with Crippen molar-refractivity contribution < 1.29 is 19.4 Å². The van der Waals surface area contributed by atoms with Crippen LogP contribution in [0.25, 0.3) is 0 Å². The van der Waals surface area contributed by atoms with Crippen molar-refractivity contribution in [2.75, 3.05) is 7.11 Å². The van der Waals surface area contributed by atoms with E-state index in [1.165, 1.54) is 7.11 Å². The van der Waals surface area contributed by atoms with Gasteiger partial charge in [-0.2, -0.15) is 0 Å². The second-order valence-electron chi connectivity index (χ2n) is 3.52. The molecule has 0 heterocycles. The molecule has 1 aromatic rings. The van der Waals surface area contributed by atoms with Gasteiger partial charge in [-0.25, -0.2) is 0 Å². The number of carboxylic acid groups (broad SMARTS) is 1. The lowest BCUT2D eigenvalue weighted by atomic mass is 10.0. The van der Waals surface area contributed by atoms with Crippen LogP contribution in [-0.2, 0) is 9.53 Å². The van der Waals surface area contributed by atoms with Crippen LogP contribution in [0.15, 0.2) is 24.3 Å². The van der Waals surface area contributed by atoms with E-state index in [-0.39, 0.29) is 0 Å². The molecule has 0 fully saturated rings. The number of rotatable bonds is 5. The van der Waals surface area contributed by atoms with Crippen LogP contribution < -0.4 is 4.74 Å². The fourth-order valence-electron chi connectivity index (χ4n) is 1.31. The van der Waals surface area contributed by atoms with Crippen molar-refractivity contribution in [2.45, 2.75) is 26.1 Å². The second-order valence-corrected chi connectivity index (χ2v) is 3.52. The molecule has 0 spiro atoms. The quantitative estimate of drug-likeness (QED) is 0.779. The second kappa shape index (κ2) is 5.51. The van der Waals surface area contributed by atoms with E-state index in [9.17, 15) is 4.79 Å². The summed E-state index contributed by atoms with van der Waals surface area (Å²) in [6.07, 6.45) is -0.401. The molecule has 1 aromatic carbocycles. The van der Waals surface area contributed by atoms with Crippen molar-refractivity contribution in [2.24, 2.45) is 0 Å². The summed E-state index contributed by atoms with van der Waals surface area (Å²) in [5, 5.41) is 8.96. The van der Waals surface area contributed by atoms with Gasteiger partial charge in [0.25, 0.3) is 0 Å². The third-order valence-electron chi connectivity index (χ3n) is 2.38. The van der Waals surface area contributed by atoms with Crippen molar-refractivity contribution in [3.63, 3.8) is 0 Å². The summed E-state index contributed by atoms with van der Waals surface area (Å²) in [4.78, 5) is 10.9. The Bertz CT molecular complexity index is 362. The molecule has 0 aliphatic heterocycles. The number of ether oxygens (including phenoxy) is 2. The molecule has 0 saturated carbocycles. The van der Waals surface area contributed by atoms with Gasteiger partial charge in [0.2, 0.25) is 0 Å². The third kappa shape index (κ3) is 2.97. The van der Waals surface area contributed by atoms with Gasteiger partial charge in [-0.3, -0.25) is 4.79 Å². The smallest absolute Gasteiger partial charge is 0.310 e. The van der Waals surface area contributed by atoms with Gasteiger partial charge >= 0.3 is 5.97 Å². The summed E-state index contributed by atoms with van der Waals surface area (Å²) < 4.78 is 10.5. The van der Waals surface area contributed by atoms with Crippen LogP contribution in [0, 0.1) is 0 Å². The van der Waals surface area contributed by atoms with Crippen LogP contribution in [0.5, 0.6) is 5.75 Å². The Kier molecular flexibility index (Phi) is 4.31. The van der Waals surface area contributed by atoms with E-state index in [2.05, 4.69) is 0 Å². The van der Waals surface area contributed by atoms with E-state index in [1.807, 2.05) is 0 Å². The Labute approximate surface area is 94.8 Å². The fourth-order valence-corrected chi connectivity index (χ4v) is 1.31. The van der Waals surface area contributed by atoms with Crippen LogP contribution in [0.2, 0.25) is 0 Å². The maximum atomic E-state index is 10.9. The molecule has 2 unspecified atom stereocenters. The van der Waals surface area contributed by atoms with Crippen LogP contribution in [0.4, 0.5) is 0 Å². The van der Waals surface area contributed by atoms with E-state index in [0.717, 1.165) is 0 Å². The molecule has 0 bridgehead atoms. The summed E-state index contributed by atoms with van der Waals surface area (Å²) in [5.41, 5.74) is 0.652. The Morgan fingerprint density at radius 2 is 1.94 bits per heavy atom. The largest absolute Gasteiger partial charge is 0.481 e. The van der Waals surface area contributed by atoms with Crippen molar-refractivity contribution in [3.8, 4) is 5.75 Å². The molecule has 2 atom stereocenters. The first kappa shape index (κ1) is 12.5. The van der Waals surface area contributed by atoms with Crippen molar-refractivity contribution >= 4 is 5.97 Å². The molecule has 1 rings (SSSR count). The molecule has 0 saturated heterocycles. The monoisotopic (exact) mass is 224 g/mol. The number of hydrogen-bond donors (Lipinski definition) is 1. The van der Waals surface area contributed by atoms with Gasteiger partial charge in [0.05, 0.1) is 5.92 Å². The number of aliphatic carboxylic acids is 1. The number of benzene rings is 1. The Morgan fingerprint density at radius 3 is 2.50 bits per heavy atom. The van der Waals surface area contributed by atoms with Crippen molar-refractivity contribution in [1.82, 2.24) is 0 Å². The molecular weight excluding hydrogens is 208 g/mol. The van der Waals surface area contributed by atoms with Crippen molar-refractivity contribution in [1.29, 1.82) is 0 Å². The average molecular weight is 224 g/mol. The van der Waals surface area contributed by atoms with Crippen LogP contribution >= 0.6 is 0 Å². The summed E-state index contributed by atoms with van der Waals surface area (Å²) in [5.74, 6) is -0.923. The molecule has 1 N–H and O–H groups in total. The molecule has 0 aromatic heterocycles. The van der Waals surface area contributed by atoms with Crippen molar-refractivity contribution in [3.05, 3.63) is 29.8 Å². The number of hydrogen-bond acceptors (Lipinski definition) is 3. The van der Waals surface area contributed by atoms with Gasteiger partial charge in [-0.15, -0.1) is 0 Å². The summed E-state index contributed by atoms with van der Waals surface area (Å²) in [6, 6.07) is 7.08. The van der Waals surface area contributed by atoms with E-state index in [1.54, 1.807) is 38.1 Å². The molecule has 88 valence electrons. The lowest BCUT2D eigenvalue weighted by Crippen LogP contribution is -2.16. The van der Waals surface area contributed by atoms with Gasteiger partial charge in [-0.1, -0.05) is 18.2 Å². The lowest BCUT2D eigenvalue weighted by Gasteiger charge is -2.17. The van der Waals surface area contributed by atoms with Gasteiger partial charge < -0.3 is 14.6 Å². The maximum Gasteiger partial charge on any atom is 0.310 e. The number of para-hydroxylation sites is 1. The first-order valence-electron chi connectivity index (χ1n) is 5.07. The standard InChI is InChI=1S/C12H16O4/c1-8(12(13)14)10-6-4-5-7-11(10)16-9(2)15-3/h4-9H,1-3H3,(H,13,14). The first-order valence-corrected chi connectivity index (χ1v) is 5.07. The normalized spacial score (nSPS) is 14.2. The van der Waals surface area contributed by atoms with Crippen LogP contribution in [0.3, 0.4) is 0 Å². The number of methoxy groups -OCH3 is 1. The topological polar surface area (TPSA) is 55.8 Å². The fraction of sp³-hybridized carbons (Fsp3) is 0.417. The molecular formula is C12H16O4. The molecule has 16 heavy (non-hydrogen) atoms. The molecule has 4 heteroatoms. The Balaban J connectivity index is 2.95.